The number of aliphatic hydroxyl groups excluding tert-OH is 1. The van der Waals surface area contributed by atoms with Gasteiger partial charge in [0.1, 0.15) is 0 Å². The molecule has 2 N–H and O–H groups in total. The molecule has 3 aliphatic rings. The molecule has 4 heterocycles. The number of hydrogen-bond donors (Lipinski definition) is 2. The van der Waals surface area contributed by atoms with Crippen molar-refractivity contribution in [3.05, 3.63) is 75.2 Å². The van der Waals surface area contributed by atoms with Gasteiger partial charge in [-0.2, -0.15) is 5.10 Å². The van der Waals surface area contributed by atoms with Gasteiger partial charge in [0, 0.05) is 23.5 Å². The highest BCUT2D eigenvalue weighted by atomic mass is 35.5. The summed E-state index contributed by atoms with van der Waals surface area (Å²) in [6, 6.07) is 13.6. The quantitative estimate of drug-likeness (QED) is 0.532. The Hall–Kier alpha value is -2.78. The van der Waals surface area contributed by atoms with Gasteiger partial charge in [0.25, 0.3) is 11.5 Å². The molecule has 2 bridgehead atoms. The zero-order valence-corrected chi connectivity index (χ0v) is 21.7. The number of halogens is 1. The van der Waals surface area contributed by atoms with Crippen LogP contribution in [-0.4, -0.2) is 63.1 Å². The van der Waals surface area contributed by atoms with Gasteiger partial charge in [-0.25, -0.2) is 4.68 Å². The normalized spacial score (nSPS) is 23.4. The van der Waals surface area contributed by atoms with Gasteiger partial charge < -0.3 is 20.1 Å². The standard InChI is InChI=1S/C28H32N4O4.ClH/c1-2-24-23-11-18(27(34)32-20-8-9-21(32)16-36-15-20)7-10-22(23)28(35)31(30-24)14-26(33)25-12-17-5-3-4-6-19(17)13-29-25;/h3-7,10-11,20-21,25-26,29,33H,2,8-9,12-16H2,1H3;1H/t20?,21?,25-,26+;/m0./s1. The van der Waals surface area contributed by atoms with Gasteiger partial charge in [0.2, 0.25) is 0 Å². The van der Waals surface area contributed by atoms with Crippen LogP contribution in [0.3, 0.4) is 0 Å². The Morgan fingerprint density at radius 1 is 1.14 bits per heavy atom. The minimum atomic E-state index is -0.761. The molecule has 6 rings (SSSR count). The molecule has 0 saturated carbocycles. The van der Waals surface area contributed by atoms with Crippen molar-refractivity contribution in [1.82, 2.24) is 20.0 Å². The second-order valence-corrected chi connectivity index (χ2v) is 10.2. The molecule has 2 saturated heterocycles. The Morgan fingerprint density at radius 3 is 2.59 bits per heavy atom. The number of nitrogens with zero attached hydrogens (tertiary/aromatic N) is 3. The molecule has 2 unspecified atom stereocenters. The molecule has 0 radical (unpaired) electrons. The number of amides is 1. The van der Waals surface area contributed by atoms with E-state index in [1.807, 2.05) is 30.0 Å². The average Bonchev–Trinajstić information content (AvgIpc) is 3.16. The Balaban J connectivity index is 0.00000280. The summed E-state index contributed by atoms with van der Waals surface area (Å²) >= 11 is 0. The number of nitrogens with one attached hydrogen (secondary N) is 1. The maximum Gasteiger partial charge on any atom is 0.274 e. The Labute approximate surface area is 222 Å². The van der Waals surface area contributed by atoms with E-state index in [0.29, 0.717) is 48.9 Å². The van der Waals surface area contributed by atoms with Crippen molar-refractivity contribution in [3.8, 4) is 0 Å². The van der Waals surface area contributed by atoms with Crippen LogP contribution in [0.5, 0.6) is 0 Å². The van der Waals surface area contributed by atoms with Gasteiger partial charge in [0.15, 0.2) is 0 Å². The van der Waals surface area contributed by atoms with Crippen LogP contribution < -0.4 is 10.9 Å². The average molecular weight is 525 g/mol. The molecular weight excluding hydrogens is 492 g/mol. The van der Waals surface area contributed by atoms with Crippen LogP contribution in [0, 0.1) is 0 Å². The molecular formula is C28H33ClN4O4. The van der Waals surface area contributed by atoms with E-state index in [9.17, 15) is 14.7 Å². The van der Waals surface area contributed by atoms with Crippen molar-refractivity contribution in [2.45, 2.75) is 69.9 Å². The summed E-state index contributed by atoms with van der Waals surface area (Å²) in [5.41, 5.74) is 3.55. The summed E-state index contributed by atoms with van der Waals surface area (Å²) in [4.78, 5) is 28.7. The minimum absolute atomic E-state index is 0. The van der Waals surface area contributed by atoms with Crippen molar-refractivity contribution in [3.63, 3.8) is 0 Å². The van der Waals surface area contributed by atoms with Gasteiger partial charge in [-0.05, 0) is 55.0 Å². The zero-order chi connectivity index (χ0) is 24.8. The molecule has 196 valence electrons. The Bertz CT molecular complexity index is 1360. The van der Waals surface area contributed by atoms with Crippen LogP contribution in [0.2, 0.25) is 0 Å². The zero-order valence-electron chi connectivity index (χ0n) is 20.9. The largest absolute Gasteiger partial charge is 0.390 e. The minimum Gasteiger partial charge on any atom is -0.390 e. The van der Waals surface area contributed by atoms with E-state index in [0.717, 1.165) is 18.5 Å². The second-order valence-electron chi connectivity index (χ2n) is 10.2. The number of morpholine rings is 1. The summed E-state index contributed by atoms with van der Waals surface area (Å²) in [6.45, 7) is 3.97. The second kappa shape index (κ2) is 10.5. The van der Waals surface area contributed by atoms with Gasteiger partial charge in [-0.3, -0.25) is 9.59 Å². The lowest BCUT2D eigenvalue weighted by atomic mass is 9.93. The molecule has 37 heavy (non-hydrogen) atoms. The van der Waals surface area contributed by atoms with E-state index in [2.05, 4.69) is 22.5 Å². The highest BCUT2D eigenvalue weighted by Crippen LogP contribution is 2.31. The molecule has 3 aliphatic heterocycles. The van der Waals surface area contributed by atoms with Crippen molar-refractivity contribution < 1.29 is 14.6 Å². The lowest BCUT2D eigenvalue weighted by Gasteiger charge is -2.34. The maximum atomic E-state index is 13.4. The Morgan fingerprint density at radius 2 is 1.86 bits per heavy atom. The lowest BCUT2D eigenvalue weighted by Crippen LogP contribution is -2.49. The predicted octanol–water partition coefficient (Wildman–Crippen LogP) is 2.46. The fraction of sp³-hybridized carbons (Fsp3) is 0.464. The van der Waals surface area contributed by atoms with Crippen molar-refractivity contribution >= 4 is 29.1 Å². The van der Waals surface area contributed by atoms with E-state index in [1.54, 1.807) is 12.1 Å². The number of aryl methyl sites for hydroxylation is 1. The number of rotatable bonds is 5. The first kappa shape index (κ1) is 25.9. The highest BCUT2D eigenvalue weighted by Gasteiger charge is 2.40. The topological polar surface area (TPSA) is 96.7 Å². The fourth-order valence-corrected chi connectivity index (χ4v) is 6.04. The van der Waals surface area contributed by atoms with Crippen molar-refractivity contribution in [2.75, 3.05) is 13.2 Å². The summed E-state index contributed by atoms with van der Waals surface area (Å²) < 4.78 is 7.01. The van der Waals surface area contributed by atoms with Crippen molar-refractivity contribution in [1.29, 1.82) is 0 Å². The van der Waals surface area contributed by atoms with Crippen LogP contribution in [0.15, 0.2) is 47.3 Å². The summed E-state index contributed by atoms with van der Waals surface area (Å²) in [5, 5.41) is 20.3. The number of ether oxygens (including phenoxy) is 1. The molecule has 9 heteroatoms. The molecule has 2 aromatic carbocycles. The van der Waals surface area contributed by atoms with E-state index in [4.69, 9.17) is 4.74 Å². The first-order chi connectivity index (χ1) is 17.5. The molecule has 0 spiro atoms. The van der Waals surface area contributed by atoms with Crippen LogP contribution in [-0.2, 0) is 30.7 Å². The predicted molar refractivity (Wildman–Crippen MR) is 143 cm³/mol. The first-order valence-corrected chi connectivity index (χ1v) is 13.0. The summed E-state index contributed by atoms with van der Waals surface area (Å²) in [5.74, 6) is -0.00184. The van der Waals surface area contributed by atoms with Gasteiger partial charge in [-0.15, -0.1) is 12.4 Å². The number of carbonyl (C=O) groups excluding carboxylic acids is 1. The van der Waals surface area contributed by atoms with Gasteiger partial charge in [-0.1, -0.05) is 31.2 Å². The summed E-state index contributed by atoms with van der Waals surface area (Å²) in [7, 11) is 0. The van der Waals surface area contributed by atoms with E-state index in [1.165, 1.54) is 15.8 Å². The van der Waals surface area contributed by atoms with E-state index >= 15 is 0 Å². The third-order valence-corrected chi connectivity index (χ3v) is 8.03. The molecule has 1 aromatic heterocycles. The molecule has 4 atom stereocenters. The van der Waals surface area contributed by atoms with Crippen LogP contribution in [0.4, 0.5) is 0 Å². The summed E-state index contributed by atoms with van der Waals surface area (Å²) in [6.07, 6.45) is 2.50. The maximum absolute atomic E-state index is 13.4. The lowest BCUT2D eigenvalue weighted by molar-refractivity contribution is -0.00714. The molecule has 2 fully saturated rings. The monoisotopic (exact) mass is 524 g/mol. The van der Waals surface area contributed by atoms with Crippen LogP contribution >= 0.6 is 12.4 Å². The number of fused-ring (bicyclic) bond motifs is 4. The molecule has 0 aliphatic carbocycles. The van der Waals surface area contributed by atoms with E-state index < -0.39 is 6.10 Å². The first-order valence-electron chi connectivity index (χ1n) is 13.0. The molecule has 3 aromatic rings. The van der Waals surface area contributed by atoms with Crippen molar-refractivity contribution in [2.24, 2.45) is 0 Å². The molecule has 8 nitrogen and oxygen atoms in total. The highest BCUT2D eigenvalue weighted by molar-refractivity contribution is 5.99. The van der Waals surface area contributed by atoms with E-state index in [-0.39, 0.29) is 48.5 Å². The van der Waals surface area contributed by atoms with Crippen LogP contribution in [0.1, 0.15) is 46.9 Å². The molecule has 1 amide bonds. The SMILES string of the molecule is CCc1nn(C[C@@H](O)[C@@H]2Cc3ccccc3CN2)c(=O)c2ccc(C(=O)N3C4CCC3COC4)cc12.Cl. The van der Waals surface area contributed by atoms with Gasteiger partial charge in [0.05, 0.1) is 49.0 Å². The van der Waals surface area contributed by atoms with Crippen LogP contribution in [0.25, 0.3) is 10.8 Å². The third kappa shape index (κ3) is 4.68. The third-order valence-electron chi connectivity index (χ3n) is 8.03. The van der Waals surface area contributed by atoms with Gasteiger partial charge >= 0.3 is 0 Å². The number of carbonyl (C=O) groups is 1. The smallest absolute Gasteiger partial charge is 0.274 e. The number of hydrogen-bond acceptors (Lipinski definition) is 6. The number of aliphatic hydroxyl groups is 1. The Kier molecular flexibility index (Phi) is 7.36. The number of benzene rings is 2. The number of aromatic nitrogens is 2. The fourth-order valence-electron chi connectivity index (χ4n) is 6.04.